The van der Waals surface area contributed by atoms with E-state index in [1.165, 1.54) is 11.8 Å². The molecule has 1 aromatic carbocycles. The fourth-order valence-corrected chi connectivity index (χ4v) is 4.15. The van der Waals surface area contributed by atoms with Crippen molar-refractivity contribution in [2.24, 2.45) is 5.92 Å². The molecule has 0 radical (unpaired) electrons. The molecule has 0 saturated carbocycles. The number of carbonyl (C=O) groups excluding carboxylic acids is 2. The van der Waals surface area contributed by atoms with Gasteiger partial charge >= 0.3 is 0 Å². The summed E-state index contributed by atoms with van der Waals surface area (Å²) in [5, 5.41) is 15.3. The van der Waals surface area contributed by atoms with Gasteiger partial charge in [-0.15, -0.1) is 10.2 Å². The third-order valence-electron chi connectivity index (χ3n) is 5.59. The molecule has 31 heavy (non-hydrogen) atoms. The Labute approximate surface area is 188 Å². The molecule has 0 spiro atoms. The highest BCUT2D eigenvalue weighted by atomic mass is 32.2. The Hall–Kier alpha value is -2.61. The first kappa shape index (κ1) is 23.1. The average Bonchev–Trinajstić information content (AvgIpc) is 2.79. The van der Waals surface area contributed by atoms with Crippen LogP contribution in [0.25, 0.3) is 0 Å². The number of anilines is 2. The number of hydrogen-bond donors (Lipinski definition) is 2. The Morgan fingerprint density at radius 3 is 2.58 bits per heavy atom. The minimum Gasteiger partial charge on any atom is -0.356 e. The van der Waals surface area contributed by atoms with Gasteiger partial charge in [-0.2, -0.15) is 0 Å². The molecule has 1 aromatic heterocycles. The fraction of sp³-hybridized carbons (Fsp3) is 0.478. The van der Waals surface area contributed by atoms with Gasteiger partial charge in [0.25, 0.3) is 0 Å². The third-order valence-corrected chi connectivity index (χ3v) is 6.51. The standard InChI is InChI=1S/C23H31N5O2S/c1-4-12-24-23(30)18-10-13-28(14-11-18)20-8-9-22(27-26-20)31-15-21(29)25-19-7-5-6-16(2)17(19)3/h5-9,18H,4,10-15H2,1-3H3,(H,24,30)(H,25,29). The number of amides is 2. The van der Waals surface area contributed by atoms with Crippen molar-refractivity contribution < 1.29 is 9.59 Å². The van der Waals surface area contributed by atoms with Gasteiger partial charge in [-0.05, 0) is 62.4 Å². The van der Waals surface area contributed by atoms with E-state index in [2.05, 4.69) is 32.7 Å². The molecule has 7 nitrogen and oxygen atoms in total. The van der Waals surface area contributed by atoms with Crippen molar-refractivity contribution in [3.8, 4) is 0 Å². The smallest absolute Gasteiger partial charge is 0.234 e. The summed E-state index contributed by atoms with van der Waals surface area (Å²) in [4.78, 5) is 26.6. The molecule has 1 aliphatic heterocycles. The molecule has 2 aromatic rings. The zero-order valence-corrected chi connectivity index (χ0v) is 19.3. The molecule has 166 valence electrons. The first-order valence-electron chi connectivity index (χ1n) is 10.8. The Balaban J connectivity index is 1.46. The SMILES string of the molecule is CCCNC(=O)C1CCN(c2ccc(SCC(=O)Nc3cccc(C)c3C)nn2)CC1. The van der Waals surface area contributed by atoms with Crippen molar-refractivity contribution in [1.29, 1.82) is 0 Å². The van der Waals surface area contributed by atoms with E-state index in [1.807, 2.05) is 44.2 Å². The van der Waals surface area contributed by atoms with Crippen molar-refractivity contribution in [3.05, 3.63) is 41.5 Å². The van der Waals surface area contributed by atoms with Gasteiger partial charge in [0.15, 0.2) is 5.82 Å². The van der Waals surface area contributed by atoms with Crippen LogP contribution in [0.3, 0.4) is 0 Å². The van der Waals surface area contributed by atoms with Crippen LogP contribution in [0, 0.1) is 19.8 Å². The summed E-state index contributed by atoms with van der Waals surface area (Å²) in [6.07, 6.45) is 2.61. The summed E-state index contributed by atoms with van der Waals surface area (Å²) in [5.41, 5.74) is 3.08. The van der Waals surface area contributed by atoms with E-state index in [0.29, 0.717) is 5.03 Å². The van der Waals surface area contributed by atoms with E-state index in [1.54, 1.807) is 0 Å². The minimum atomic E-state index is -0.0620. The molecule has 2 amide bonds. The van der Waals surface area contributed by atoms with E-state index in [9.17, 15) is 9.59 Å². The summed E-state index contributed by atoms with van der Waals surface area (Å²) in [6.45, 7) is 8.42. The quantitative estimate of drug-likeness (QED) is 0.609. The van der Waals surface area contributed by atoms with Crippen LogP contribution in [-0.2, 0) is 9.59 Å². The van der Waals surface area contributed by atoms with Gasteiger partial charge in [0.2, 0.25) is 11.8 Å². The number of nitrogens with one attached hydrogen (secondary N) is 2. The maximum Gasteiger partial charge on any atom is 0.234 e. The highest BCUT2D eigenvalue weighted by molar-refractivity contribution is 7.99. The number of rotatable bonds is 8. The van der Waals surface area contributed by atoms with Gasteiger partial charge in [-0.3, -0.25) is 9.59 Å². The topological polar surface area (TPSA) is 87.2 Å². The monoisotopic (exact) mass is 441 g/mol. The van der Waals surface area contributed by atoms with Gasteiger partial charge in [0.05, 0.1) is 5.75 Å². The van der Waals surface area contributed by atoms with Crippen LogP contribution < -0.4 is 15.5 Å². The third kappa shape index (κ3) is 6.43. The lowest BCUT2D eigenvalue weighted by molar-refractivity contribution is -0.125. The molecule has 1 saturated heterocycles. The van der Waals surface area contributed by atoms with Gasteiger partial charge in [-0.25, -0.2) is 0 Å². The second-order valence-corrected chi connectivity index (χ2v) is 8.86. The second-order valence-electron chi connectivity index (χ2n) is 7.87. The Kier molecular flexibility index (Phi) is 8.28. The van der Waals surface area contributed by atoms with Crippen LogP contribution in [0.5, 0.6) is 0 Å². The maximum atomic E-state index is 12.3. The molecular weight excluding hydrogens is 410 g/mol. The van der Waals surface area contributed by atoms with Crippen molar-refractivity contribution in [2.75, 3.05) is 35.6 Å². The van der Waals surface area contributed by atoms with Crippen molar-refractivity contribution in [2.45, 2.75) is 45.1 Å². The molecule has 3 rings (SSSR count). The van der Waals surface area contributed by atoms with Crippen LogP contribution in [0.4, 0.5) is 11.5 Å². The molecule has 0 atom stereocenters. The van der Waals surface area contributed by atoms with E-state index >= 15 is 0 Å². The Morgan fingerprint density at radius 1 is 1.13 bits per heavy atom. The Morgan fingerprint density at radius 2 is 1.90 bits per heavy atom. The maximum absolute atomic E-state index is 12.3. The molecule has 2 heterocycles. The van der Waals surface area contributed by atoms with E-state index in [-0.39, 0.29) is 23.5 Å². The number of piperidine rings is 1. The van der Waals surface area contributed by atoms with Crippen LogP contribution in [-0.4, -0.2) is 47.4 Å². The molecule has 8 heteroatoms. The minimum absolute atomic E-state index is 0.0620. The lowest BCUT2D eigenvalue weighted by Crippen LogP contribution is -2.41. The lowest BCUT2D eigenvalue weighted by atomic mass is 9.96. The van der Waals surface area contributed by atoms with E-state index < -0.39 is 0 Å². The van der Waals surface area contributed by atoms with Gasteiger partial charge in [-0.1, -0.05) is 30.8 Å². The summed E-state index contributed by atoms with van der Waals surface area (Å²) in [5.74, 6) is 1.28. The summed E-state index contributed by atoms with van der Waals surface area (Å²) in [7, 11) is 0. The highest BCUT2D eigenvalue weighted by Gasteiger charge is 2.25. The molecule has 0 bridgehead atoms. The van der Waals surface area contributed by atoms with Crippen molar-refractivity contribution in [1.82, 2.24) is 15.5 Å². The molecule has 0 unspecified atom stereocenters. The van der Waals surface area contributed by atoms with E-state index in [4.69, 9.17) is 0 Å². The number of aromatic nitrogens is 2. The van der Waals surface area contributed by atoms with Crippen LogP contribution >= 0.6 is 11.8 Å². The number of carbonyl (C=O) groups is 2. The summed E-state index contributed by atoms with van der Waals surface area (Å²) in [6, 6.07) is 9.72. The normalized spacial score (nSPS) is 14.4. The number of thioether (sulfide) groups is 1. The average molecular weight is 442 g/mol. The van der Waals surface area contributed by atoms with E-state index in [0.717, 1.165) is 61.5 Å². The van der Waals surface area contributed by atoms with Crippen molar-refractivity contribution >= 4 is 35.1 Å². The van der Waals surface area contributed by atoms with Crippen LogP contribution in [0.15, 0.2) is 35.4 Å². The fourth-order valence-electron chi connectivity index (χ4n) is 3.53. The van der Waals surface area contributed by atoms with Crippen LogP contribution in [0.2, 0.25) is 0 Å². The Bertz CT molecular complexity index is 895. The molecule has 1 fully saturated rings. The predicted molar refractivity (Wildman–Crippen MR) is 126 cm³/mol. The van der Waals surface area contributed by atoms with Crippen LogP contribution in [0.1, 0.15) is 37.3 Å². The first-order chi connectivity index (χ1) is 15.0. The number of aryl methyl sites for hydroxylation is 1. The summed E-state index contributed by atoms with van der Waals surface area (Å²) >= 11 is 1.37. The van der Waals surface area contributed by atoms with Gasteiger partial charge < -0.3 is 15.5 Å². The summed E-state index contributed by atoms with van der Waals surface area (Å²) < 4.78 is 0. The molecular formula is C23H31N5O2S. The highest BCUT2D eigenvalue weighted by Crippen LogP contribution is 2.24. The largest absolute Gasteiger partial charge is 0.356 e. The van der Waals surface area contributed by atoms with Gasteiger partial charge in [0, 0.05) is 31.2 Å². The number of benzene rings is 1. The lowest BCUT2D eigenvalue weighted by Gasteiger charge is -2.31. The first-order valence-corrected chi connectivity index (χ1v) is 11.8. The van der Waals surface area contributed by atoms with Crippen molar-refractivity contribution in [3.63, 3.8) is 0 Å². The molecule has 0 aliphatic carbocycles. The predicted octanol–water partition coefficient (Wildman–Crippen LogP) is 3.57. The number of nitrogens with zero attached hydrogens (tertiary/aromatic N) is 3. The van der Waals surface area contributed by atoms with Gasteiger partial charge in [0.1, 0.15) is 5.03 Å². The zero-order chi connectivity index (χ0) is 22.2. The molecule has 2 N–H and O–H groups in total. The molecule has 1 aliphatic rings. The number of hydrogen-bond acceptors (Lipinski definition) is 6. The second kappa shape index (κ2) is 11.1. The zero-order valence-electron chi connectivity index (χ0n) is 18.5.